The van der Waals surface area contributed by atoms with Crippen molar-refractivity contribution in [1.29, 1.82) is 5.26 Å². The molecular formula is C14H16N2O4S. The maximum absolute atomic E-state index is 12.4. The molecule has 6 nitrogen and oxygen atoms in total. The molecule has 2 unspecified atom stereocenters. The van der Waals surface area contributed by atoms with E-state index in [2.05, 4.69) is 10.8 Å². The van der Waals surface area contributed by atoms with Gasteiger partial charge in [0.1, 0.15) is 0 Å². The van der Waals surface area contributed by atoms with E-state index in [1.807, 2.05) is 0 Å². The third-order valence-corrected chi connectivity index (χ3v) is 5.43. The Balaban J connectivity index is 2.35. The van der Waals surface area contributed by atoms with Crippen LogP contribution >= 0.6 is 0 Å². The van der Waals surface area contributed by atoms with Crippen LogP contribution in [0.4, 0.5) is 0 Å². The Morgan fingerprint density at radius 1 is 1.43 bits per heavy atom. The van der Waals surface area contributed by atoms with Crippen LogP contribution in [0.3, 0.4) is 0 Å². The maximum atomic E-state index is 12.4. The van der Waals surface area contributed by atoms with Crippen molar-refractivity contribution in [1.82, 2.24) is 4.72 Å². The zero-order valence-corrected chi connectivity index (χ0v) is 12.4. The van der Waals surface area contributed by atoms with E-state index < -0.39 is 22.0 Å². The number of carbonyl (C=O) groups is 1. The second-order valence-corrected chi connectivity index (χ2v) is 6.81. The Hall–Kier alpha value is -1.91. The first-order valence-corrected chi connectivity index (χ1v) is 8.10. The van der Waals surface area contributed by atoms with E-state index in [0.717, 1.165) is 6.42 Å². The lowest BCUT2D eigenvalue weighted by Gasteiger charge is -2.17. The minimum Gasteiger partial charge on any atom is -0.478 e. The number of aromatic carboxylic acids is 1. The molecule has 0 amide bonds. The average Bonchev–Trinajstić information content (AvgIpc) is 2.84. The molecule has 1 fully saturated rings. The number of sulfonamides is 1. The van der Waals surface area contributed by atoms with Crippen LogP contribution < -0.4 is 4.72 Å². The Kier molecular flexibility index (Phi) is 4.30. The van der Waals surface area contributed by atoms with E-state index in [4.69, 9.17) is 10.4 Å². The molecule has 1 aromatic carbocycles. The predicted molar refractivity (Wildman–Crippen MR) is 75.2 cm³/mol. The van der Waals surface area contributed by atoms with Gasteiger partial charge in [0.25, 0.3) is 0 Å². The van der Waals surface area contributed by atoms with Crippen molar-refractivity contribution in [3.05, 3.63) is 29.3 Å². The van der Waals surface area contributed by atoms with Crippen molar-refractivity contribution in [3.8, 4) is 6.07 Å². The molecule has 7 heteroatoms. The smallest absolute Gasteiger partial charge is 0.335 e. The maximum Gasteiger partial charge on any atom is 0.335 e. The van der Waals surface area contributed by atoms with Gasteiger partial charge in [0, 0.05) is 6.04 Å². The molecule has 1 aliphatic rings. The third-order valence-electron chi connectivity index (χ3n) is 3.79. The Morgan fingerprint density at radius 3 is 2.76 bits per heavy atom. The molecule has 0 spiro atoms. The predicted octanol–water partition coefficient (Wildman–Crippen LogP) is 1.66. The van der Waals surface area contributed by atoms with Gasteiger partial charge in [-0.15, -0.1) is 0 Å². The van der Waals surface area contributed by atoms with E-state index in [1.165, 1.54) is 25.1 Å². The highest BCUT2D eigenvalue weighted by molar-refractivity contribution is 7.89. The van der Waals surface area contributed by atoms with E-state index in [-0.39, 0.29) is 21.9 Å². The van der Waals surface area contributed by atoms with E-state index in [0.29, 0.717) is 12.8 Å². The van der Waals surface area contributed by atoms with Crippen molar-refractivity contribution < 1.29 is 18.3 Å². The van der Waals surface area contributed by atoms with Crippen LogP contribution in [0.5, 0.6) is 0 Å². The number of carboxylic acids is 1. The highest BCUT2D eigenvalue weighted by Crippen LogP contribution is 2.27. The molecular weight excluding hydrogens is 292 g/mol. The summed E-state index contributed by atoms with van der Waals surface area (Å²) in [7, 11) is -3.84. The largest absolute Gasteiger partial charge is 0.478 e. The summed E-state index contributed by atoms with van der Waals surface area (Å²) in [6, 6.07) is 5.85. The van der Waals surface area contributed by atoms with Crippen LogP contribution in [0.15, 0.2) is 23.1 Å². The minimum atomic E-state index is -3.84. The molecule has 21 heavy (non-hydrogen) atoms. The summed E-state index contributed by atoms with van der Waals surface area (Å²) < 4.78 is 27.4. The lowest BCUT2D eigenvalue weighted by atomic mass is 10.1. The van der Waals surface area contributed by atoms with Gasteiger partial charge in [-0.2, -0.15) is 5.26 Å². The van der Waals surface area contributed by atoms with Crippen molar-refractivity contribution in [2.45, 2.75) is 37.1 Å². The van der Waals surface area contributed by atoms with Gasteiger partial charge in [0.15, 0.2) is 0 Å². The molecule has 1 saturated carbocycles. The van der Waals surface area contributed by atoms with Gasteiger partial charge in [-0.25, -0.2) is 17.9 Å². The SMILES string of the molecule is Cc1c(C(=O)O)cccc1S(=O)(=O)NC1CCCC1C#N. The molecule has 0 saturated heterocycles. The number of hydrogen-bond acceptors (Lipinski definition) is 4. The molecule has 0 heterocycles. The van der Waals surface area contributed by atoms with Crippen LogP contribution in [0, 0.1) is 24.2 Å². The zero-order valence-electron chi connectivity index (χ0n) is 11.5. The minimum absolute atomic E-state index is 0.0406. The second-order valence-electron chi connectivity index (χ2n) is 5.13. The summed E-state index contributed by atoms with van der Waals surface area (Å²) in [6.07, 6.45) is 2.10. The van der Waals surface area contributed by atoms with Gasteiger partial charge in [0.05, 0.1) is 22.4 Å². The monoisotopic (exact) mass is 308 g/mol. The number of rotatable bonds is 4. The third kappa shape index (κ3) is 3.06. The van der Waals surface area contributed by atoms with Crippen LogP contribution in [0.1, 0.15) is 35.2 Å². The average molecular weight is 308 g/mol. The molecule has 112 valence electrons. The lowest BCUT2D eigenvalue weighted by molar-refractivity contribution is 0.0696. The molecule has 0 aliphatic heterocycles. The van der Waals surface area contributed by atoms with E-state index >= 15 is 0 Å². The fourth-order valence-corrected chi connectivity index (χ4v) is 4.23. The number of carboxylic acid groups (broad SMARTS) is 1. The summed E-state index contributed by atoms with van der Waals surface area (Å²) >= 11 is 0. The molecule has 2 N–H and O–H groups in total. The van der Waals surface area contributed by atoms with Crippen LogP contribution in [0.2, 0.25) is 0 Å². The number of nitrogens with zero attached hydrogens (tertiary/aromatic N) is 1. The molecule has 2 rings (SSSR count). The summed E-state index contributed by atoms with van der Waals surface area (Å²) in [5.41, 5.74) is 0.158. The molecule has 1 aliphatic carbocycles. The summed E-state index contributed by atoms with van der Waals surface area (Å²) in [5.74, 6) is -1.50. The van der Waals surface area contributed by atoms with Crippen molar-refractivity contribution in [3.63, 3.8) is 0 Å². The van der Waals surface area contributed by atoms with E-state index in [9.17, 15) is 13.2 Å². The van der Waals surface area contributed by atoms with Crippen molar-refractivity contribution in [2.24, 2.45) is 5.92 Å². The standard InChI is InChI=1S/C14H16N2O4S/c1-9-11(14(17)18)5-3-7-13(9)21(19,20)16-12-6-2-4-10(12)8-15/h3,5,7,10,12,16H,2,4,6H2,1H3,(H,17,18). The summed E-state index contributed by atoms with van der Waals surface area (Å²) in [5, 5.41) is 18.1. The van der Waals surface area contributed by atoms with Gasteiger partial charge in [0.2, 0.25) is 10.0 Å². The zero-order chi connectivity index (χ0) is 15.6. The lowest BCUT2D eigenvalue weighted by Crippen LogP contribution is -2.37. The van der Waals surface area contributed by atoms with Crippen molar-refractivity contribution in [2.75, 3.05) is 0 Å². The van der Waals surface area contributed by atoms with Gasteiger partial charge in [-0.05, 0) is 37.5 Å². The Morgan fingerprint density at radius 2 is 2.14 bits per heavy atom. The summed E-state index contributed by atoms with van der Waals surface area (Å²) in [6.45, 7) is 1.47. The quantitative estimate of drug-likeness (QED) is 0.879. The van der Waals surface area contributed by atoms with Crippen LogP contribution in [0.25, 0.3) is 0 Å². The molecule has 0 aromatic heterocycles. The first kappa shape index (κ1) is 15.5. The van der Waals surface area contributed by atoms with Gasteiger partial charge < -0.3 is 5.11 Å². The molecule has 0 bridgehead atoms. The Labute approximate surface area is 123 Å². The normalized spacial score (nSPS) is 21.9. The fraction of sp³-hybridized carbons (Fsp3) is 0.429. The molecule has 0 radical (unpaired) electrons. The Bertz CT molecular complexity index is 706. The highest BCUT2D eigenvalue weighted by Gasteiger charge is 2.32. The first-order valence-electron chi connectivity index (χ1n) is 6.61. The van der Waals surface area contributed by atoms with Gasteiger partial charge in [-0.1, -0.05) is 12.5 Å². The topological polar surface area (TPSA) is 107 Å². The van der Waals surface area contributed by atoms with E-state index in [1.54, 1.807) is 0 Å². The summed E-state index contributed by atoms with van der Waals surface area (Å²) in [4.78, 5) is 11.0. The second kappa shape index (κ2) is 5.84. The van der Waals surface area contributed by atoms with Gasteiger partial charge in [-0.3, -0.25) is 0 Å². The molecule has 2 atom stereocenters. The number of benzene rings is 1. The van der Waals surface area contributed by atoms with Crippen LogP contribution in [-0.2, 0) is 10.0 Å². The number of hydrogen-bond donors (Lipinski definition) is 2. The molecule has 1 aromatic rings. The number of nitrogens with one attached hydrogen (secondary N) is 1. The number of nitriles is 1. The van der Waals surface area contributed by atoms with Gasteiger partial charge >= 0.3 is 5.97 Å². The fourth-order valence-electron chi connectivity index (χ4n) is 2.66. The van der Waals surface area contributed by atoms with Crippen LogP contribution in [-0.4, -0.2) is 25.5 Å². The van der Waals surface area contributed by atoms with Crippen molar-refractivity contribution >= 4 is 16.0 Å². The highest BCUT2D eigenvalue weighted by atomic mass is 32.2. The first-order chi connectivity index (χ1) is 9.86.